The van der Waals surface area contributed by atoms with Crippen LogP contribution in [0, 0.1) is 5.92 Å². The maximum Gasteiger partial charge on any atom is 0.0809 e. The first kappa shape index (κ1) is 14.3. The van der Waals surface area contributed by atoms with E-state index in [-0.39, 0.29) is 0 Å². The minimum atomic E-state index is 0.356. The summed E-state index contributed by atoms with van der Waals surface area (Å²) >= 11 is 0. The summed E-state index contributed by atoms with van der Waals surface area (Å²) in [6.45, 7) is 4.00. The summed E-state index contributed by atoms with van der Waals surface area (Å²) in [5.74, 6) is 0.870. The summed E-state index contributed by atoms with van der Waals surface area (Å²) in [4.78, 5) is 0. The summed E-state index contributed by atoms with van der Waals surface area (Å²) in [5, 5.41) is 3.43. The third-order valence-electron chi connectivity index (χ3n) is 4.49. The number of hydrogen-bond donors (Lipinski definition) is 1. The molecule has 1 saturated carbocycles. The lowest BCUT2D eigenvalue weighted by atomic mass is 9.81. The molecule has 3 nitrogen and oxygen atoms in total. The Hall–Kier alpha value is -0.120. The van der Waals surface area contributed by atoms with Gasteiger partial charge in [-0.1, -0.05) is 19.8 Å². The van der Waals surface area contributed by atoms with Crippen molar-refractivity contribution in [2.45, 2.75) is 70.1 Å². The van der Waals surface area contributed by atoms with Gasteiger partial charge in [-0.2, -0.15) is 0 Å². The van der Waals surface area contributed by atoms with Crippen LogP contribution in [0.2, 0.25) is 0 Å². The molecule has 1 aliphatic carbocycles. The van der Waals surface area contributed by atoms with Gasteiger partial charge in [0.15, 0.2) is 0 Å². The molecule has 4 atom stereocenters. The van der Waals surface area contributed by atoms with Crippen molar-refractivity contribution in [3.8, 4) is 0 Å². The van der Waals surface area contributed by atoms with Crippen LogP contribution >= 0.6 is 0 Å². The van der Waals surface area contributed by atoms with Crippen LogP contribution < -0.4 is 5.32 Å². The highest BCUT2D eigenvalue weighted by molar-refractivity contribution is 4.85. The molecule has 0 aromatic carbocycles. The van der Waals surface area contributed by atoms with Crippen LogP contribution in [0.25, 0.3) is 0 Å². The van der Waals surface area contributed by atoms with Crippen LogP contribution in [0.15, 0.2) is 0 Å². The monoisotopic (exact) mass is 255 g/mol. The Kier molecular flexibility index (Phi) is 5.93. The zero-order chi connectivity index (χ0) is 12.8. The van der Waals surface area contributed by atoms with Crippen LogP contribution in [-0.4, -0.2) is 38.5 Å². The number of ether oxygens (including phenoxy) is 2. The molecule has 0 spiro atoms. The van der Waals surface area contributed by atoms with E-state index in [4.69, 9.17) is 9.47 Å². The van der Waals surface area contributed by atoms with Crippen molar-refractivity contribution in [2.75, 3.05) is 20.3 Å². The number of likely N-dealkylation sites (N-methyl/N-ethyl adjacent to an activating group) is 1. The molecule has 1 aliphatic heterocycles. The van der Waals surface area contributed by atoms with E-state index in [1.54, 1.807) is 0 Å². The molecule has 4 unspecified atom stereocenters. The Morgan fingerprint density at radius 3 is 2.83 bits per heavy atom. The van der Waals surface area contributed by atoms with Gasteiger partial charge in [-0.15, -0.1) is 0 Å². The molecule has 2 fully saturated rings. The summed E-state index contributed by atoms with van der Waals surface area (Å²) in [6.07, 6.45) is 9.63. The van der Waals surface area contributed by atoms with Crippen molar-refractivity contribution in [1.82, 2.24) is 5.32 Å². The Labute approximate surface area is 112 Å². The maximum atomic E-state index is 6.16. The van der Waals surface area contributed by atoms with Crippen molar-refractivity contribution in [1.29, 1.82) is 0 Å². The van der Waals surface area contributed by atoms with Gasteiger partial charge in [0, 0.05) is 12.6 Å². The largest absolute Gasteiger partial charge is 0.376 e. The van der Waals surface area contributed by atoms with E-state index in [1.807, 2.05) is 0 Å². The van der Waals surface area contributed by atoms with Crippen molar-refractivity contribution in [2.24, 2.45) is 5.92 Å². The Bertz CT molecular complexity index is 229. The highest BCUT2D eigenvalue weighted by Crippen LogP contribution is 2.30. The van der Waals surface area contributed by atoms with Gasteiger partial charge in [-0.05, 0) is 45.1 Å². The molecule has 3 heteroatoms. The minimum absolute atomic E-state index is 0.356. The Morgan fingerprint density at radius 1 is 1.28 bits per heavy atom. The number of hydrogen-bond acceptors (Lipinski definition) is 3. The predicted octanol–water partition coefficient (Wildman–Crippen LogP) is 2.74. The Balaban J connectivity index is 1.77. The van der Waals surface area contributed by atoms with Crippen molar-refractivity contribution in [3.63, 3.8) is 0 Å². The summed E-state index contributed by atoms with van der Waals surface area (Å²) in [5.41, 5.74) is 0. The van der Waals surface area contributed by atoms with Gasteiger partial charge in [0.05, 0.1) is 18.8 Å². The first-order valence-corrected chi connectivity index (χ1v) is 7.74. The van der Waals surface area contributed by atoms with Gasteiger partial charge in [-0.25, -0.2) is 0 Å². The van der Waals surface area contributed by atoms with E-state index in [2.05, 4.69) is 19.3 Å². The molecule has 0 bridgehead atoms. The number of nitrogens with one attached hydrogen (secondary N) is 1. The lowest BCUT2D eigenvalue weighted by Gasteiger charge is -2.36. The molecule has 0 amide bonds. The van der Waals surface area contributed by atoms with Crippen LogP contribution in [0.3, 0.4) is 0 Å². The fraction of sp³-hybridized carbons (Fsp3) is 1.00. The zero-order valence-electron chi connectivity index (χ0n) is 12.0. The minimum Gasteiger partial charge on any atom is -0.376 e. The molecule has 1 saturated heterocycles. The van der Waals surface area contributed by atoms with E-state index < -0.39 is 0 Å². The van der Waals surface area contributed by atoms with Crippen molar-refractivity contribution >= 4 is 0 Å². The second-order valence-electron chi connectivity index (χ2n) is 5.87. The molecule has 2 rings (SSSR count). The first-order chi connectivity index (χ1) is 8.83. The average molecular weight is 255 g/mol. The van der Waals surface area contributed by atoms with Gasteiger partial charge < -0.3 is 14.8 Å². The van der Waals surface area contributed by atoms with Crippen LogP contribution in [0.4, 0.5) is 0 Å². The third kappa shape index (κ3) is 3.94. The van der Waals surface area contributed by atoms with E-state index in [0.29, 0.717) is 18.2 Å². The SMILES string of the molecule is CCCC1CCC(NC)C(OCC2CCCO2)C1. The van der Waals surface area contributed by atoms with Gasteiger partial charge in [0.2, 0.25) is 0 Å². The zero-order valence-corrected chi connectivity index (χ0v) is 12.0. The maximum absolute atomic E-state index is 6.16. The lowest BCUT2D eigenvalue weighted by Crippen LogP contribution is -2.45. The molecule has 106 valence electrons. The molecular weight excluding hydrogens is 226 g/mol. The molecule has 0 aromatic rings. The topological polar surface area (TPSA) is 30.5 Å². The van der Waals surface area contributed by atoms with E-state index in [9.17, 15) is 0 Å². The van der Waals surface area contributed by atoms with Crippen LogP contribution in [-0.2, 0) is 9.47 Å². The normalized spacial score (nSPS) is 37.0. The lowest BCUT2D eigenvalue weighted by molar-refractivity contribution is -0.0535. The smallest absolute Gasteiger partial charge is 0.0809 e. The highest BCUT2D eigenvalue weighted by atomic mass is 16.5. The predicted molar refractivity (Wildman–Crippen MR) is 73.8 cm³/mol. The highest BCUT2D eigenvalue weighted by Gasteiger charge is 2.30. The fourth-order valence-corrected chi connectivity index (χ4v) is 3.40. The van der Waals surface area contributed by atoms with E-state index in [1.165, 1.54) is 44.9 Å². The average Bonchev–Trinajstić information content (AvgIpc) is 2.90. The summed E-state index contributed by atoms with van der Waals surface area (Å²) < 4.78 is 11.8. The fourth-order valence-electron chi connectivity index (χ4n) is 3.40. The third-order valence-corrected chi connectivity index (χ3v) is 4.49. The molecule has 0 radical (unpaired) electrons. The van der Waals surface area contributed by atoms with Gasteiger partial charge in [-0.3, -0.25) is 0 Å². The van der Waals surface area contributed by atoms with Crippen LogP contribution in [0.5, 0.6) is 0 Å². The van der Waals surface area contributed by atoms with Gasteiger partial charge in [0.25, 0.3) is 0 Å². The van der Waals surface area contributed by atoms with Crippen LogP contribution in [0.1, 0.15) is 51.9 Å². The molecule has 1 heterocycles. The molecule has 1 N–H and O–H groups in total. The molecule has 0 aromatic heterocycles. The second-order valence-corrected chi connectivity index (χ2v) is 5.87. The van der Waals surface area contributed by atoms with Crippen molar-refractivity contribution < 1.29 is 9.47 Å². The Morgan fingerprint density at radius 2 is 2.17 bits per heavy atom. The van der Waals surface area contributed by atoms with E-state index >= 15 is 0 Å². The van der Waals surface area contributed by atoms with Gasteiger partial charge >= 0.3 is 0 Å². The molecule has 18 heavy (non-hydrogen) atoms. The second kappa shape index (κ2) is 7.46. The van der Waals surface area contributed by atoms with Gasteiger partial charge in [0.1, 0.15) is 0 Å². The quantitative estimate of drug-likeness (QED) is 0.791. The molecular formula is C15H29NO2. The molecule has 2 aliphatic rings. The summed E-state index contributed by atoms with van der Waals surface area (Å²) in [6, 6.07) is 0.541. The number of rotatable bonds is 6. The van der Waals surface area contributed by atoms with Crippen molar-refractivity contribution in [3.05, 3.63) is 0 Å². The first-order valence-electron chi connectivity index (χ1n) is 7.74. The van der Waals surface area contributed by atoms with E-state index in [0.717, 1.165) is 19.1 Å². The summed E-state index contributed by atoms with van der Waals surface area (Å²) in [7, 11) is 2.06. The standard InChI is InChI=1S/C15H29NO2/c1-3-5-12-7-8-14(16-2)15(10-12)18-11-13-6-4-9-17-13/h12-16H,3-11H2,1-2H3.